The number of ether oxygens (including phenoxy) is 1. The lowest BCUT2D eigenvalue weighted by Crippen LogP contribution is -2.46. The Balaban J connectivity index is 1.80. The highest BCUT2D eigenvalue weighted by molar-refractivity contribution is 6.31. The highest BCUT2D eigenvalue weighted by atomic mass is 35.5. The molecule has 3 rings (SSSR count). The third kappa shape index (κ3) is 3.53. The molecule has 0 aliphatic carbocycles. The van der Waals surface area contributed by atoms with Gasteiger partial charge in [0.15, 0.2) is 0 Å². The minimum absolute atomic E-state index is 0.000285. The number of rotatable bonds is 5. The van der Waals surface area contributed by atoms with E-state index < -0.39 is 11.9 Å². The lowest BCUT2D eigenvalue weighted by atomic mass is 10.1. The fourth-order valence-electron chi connectivity index (χ4n) is 3.02. The number of nitrogens with one attached hydrogen (secondary N) is 1. The number of hydrogen-bond donors (Lipinski definition) is 2. The van der Waals surface area contributed by atoms with Crippen LogP contribution in [-0.4, -0.2) is 31.5 Å². The van der Waals surface area contributed by atoms with Crippen molar-refractivity contribution < 1.29 is 14.3 Å². The van der Waals surface area contributed by atoms with E-state index in [1.54, 1.807) is 23.1 Å². The van der Waals surface area contributed by atoms with Crippen LogP contribution in [0.3, 0.4) is 0 Å². The van der Waals surface area contributed by atoms with Crippen molar-refractivity contribution in [3.05, 3.63) is 53.1 Å². The summed E-state index contributed by atoms with van der Waals surface area (Å²) < 4.78 is 5.23. The average molecular weight is 360 g/mol. The second-order valence-corrected chi connectivity index (χ2v) is 6.21. The van der Waals surface area contributed by atoms with Gasteiger partial charge < -0.3 is 20.7 Å². The van der Waals surface area contributed by atoms with Gasteiger partial charge in [-0.3, -0.25) is 9.59 Å². The Kier molecular flexibility index (Phi) is 4.81. The molecule has 0 saturated carbocycles. The molecule has 6 nitrogen and oxygen atoms in total. The molecular weight excluding hydrogens is 342 g/mol. The van der Waals surface area contributed by atoms with Gasteiger partial charge in [0.1, 0.15) is 11.8 Å². The topological polar surface area (TPSA) is 84.7 Å². The lowest BCUT2D eigenvalue weighted by molar-refractivity contribution is -0.119. The molecule has 1 aliphatic heterocycles. The quantitative estimate of drug-likeness (QED) is 0.857. The van der Waals surface area contributed by atoms with Crippen molar-refractivity contribution in [2.45, 2.75) is 12.5 Å². The maximum atomic E-state index is 12.5. The largest absolute Gasteiger partial charge is 0.495 e. The maximum absolute atomic E-state index is 12.5. The molecule has 3 N–H and O–H groups in total. The number of benzene rings is 2. The summed E-state index contributed by atoms with van der Waals surface area (Å²) in [5.41, 5.74) is 7.83. The Labute approximate surface area is 150 Å². The molecule has 1 aliphatic rings. The zero-order chi connectivity index (χ0) is 18.0. The van der Waals surface area contributed by atoms with Crippen molar-refractivity contribution >= 4 is 34.8 Å². The average Bonchev–Trinajstić information content (AvgIpc) is 2.94. The van der Waals surface area contributed by atoms with Crippen molar-refractivity contribution in [3.63, 3.8) is 0 Å². The third-order valence-electron chi connectivity index (χ3n) is 4.17. The first-order valence-electron chi connectivity index (χ1n) is 7.77. The number of halogens is 1. The van der Waals surface area contributed by atoms with Gasteiger partial charge >= 0.3 is 0 Å². The second kappa shape index (κ2) is 7.03. The smallest absolute Gasteiger partial charge is 0.244 e. The van der Waals surface area contributed by atoms with E-state index in [1.807, 2.05) is 24.3 Å². The number of nitrogens with zero attached hydrogens (tertiary/aromatic N) is 1. The number of nitrogens with two attached hydrogens (primary N) is 1. The van der Waals surface area contributed by atoms with Gasteiger partial charge in [-0.2, -0.15) is 0 Å². The standard InChI is InChI=1S/C18H18ClN3O3/c1-25-16-7-6-12(19)9-13(16)21-17(23)10-22-14-5-3-2-4-11(14)8-15(22)18(20)24/h2-7,9,15H,8,10H2,1H3,(H2,20,24)(H,21,23)/t15-/m0/s1. The van der Waals surface area contributed by atoms with Crippen molar-refractivity contribution in [2.24, 2.45) is 5.73 Å². The summed E-state index contributed by atoms with van der Waals surface area (Å²) >= 11 is 5.98. The summed E-state index contributed by atoms with van der Waals surface area (Å²) in [6.07, 6.45) is 0.499. The zero-order valence-electron chi connectivity index (χ0n) is 13.7. The SMILES string of the molecule is COc1ccc(Cl)cc1NC(=O)CN1c2ccccc2C[C@H]1C(N)=O. The van der Waals surface area contributed by atoms with Gasteiger partial charge in [0.2, 0.25) is 11.8 Å². The predicted molar refractivity (Wildman–Crippen MR) is 97.1 cm³/mol. The molecule has 0 unspecified atom stereocenters. The number of para-hydroxylation sites is 1. The van der Waals surface area contributed by atoms with E-state index >= 15 is 0 Å². The molecule has 1 heterocycles. The highest BCUT2D eigenvalue weighted by Gasteiger charge is 2.34. The van der Waals surface area contributed by atoms with E-state index in [9.17, 15) is 9.59 Å². The van der Waals surface area contributed by atoms with E-state index in [2.05, 4.69) is 5.32 Å². The monoisotopic (exact) mass is 359 g/mol. The van der Waals surface area contributed by atoms with E-state index in [0.717, 1.165) is 11.3 Å². The fourth-order valence-corrected chi connectivity index (χ4v) is 3.19. The van der Waals surface area contributed by atoms with Crippen LogP contribution in [0, 0.1) is 0 Å². The van der Waals surface area contributed by atoms with Crippen LogP contribution in [0.5, 0.6) is 5.75 Å². The second-order valence-electron chi connectivity index (χ2n) is 5.77. The molecule has 25 heavy (non-hydrogen) atoms. The Bertz CT molecular complexity index is 825. The number of amides is 2. The Hall–Kier alpha value is -2.73. The van der Waals surface area contributed by atoms with Crippen molar-refractivity contribution in [1.29, 1.82) is 0 Å². The highest BCUT2D eigenvalue weighted by Crippen LogP contribution is 2.32. The lowest BCUT2D eigenvalue weighted by Gasteiger charge is -2.25. The van der Waals surface area contributed by atoms with Crippen LogP contribution in [0.1, 0.15) is 5.56 Å². The number of primary amides is 1. The van der Waals surface area contributed by atoms with Crippen LogP contribution in [-0.2, 0) is 16.0 Å². The van der Waals surface area contributed by atoms with Gasteiger partial charge in [-0.05, 0) is 29.8 Å². The summed E-state index contributed by atoms with van der Waals surface area (Å²) in [7, 11) is 1.51. The maximum Gasteiger partial charge on any atom is 0.244 e. The van der Waals surface area contributed by atoms with Gasteiger partial charge in [-0.25, -0.2) is 0 Å². The molecule has 0 saturated heterocycles. The number of anilines is 2. The van der Waals surface area contributed by atoms with E-state index in [0.29, 0.717) is 22.9 Å². The van der Waals surface area contributed by atoms with Gasteiger partial charge in [0, 0.05) is 17.1 Å². The molecule has 0 radical (unpaired) electrons. The molecule has 0 fully saturated rings. The molecule has 2 aromatic rings. The predicted octanol–water partition coefficient (Wildman–Crippen LogP) is 2.20. The van der Waals surface area contributed by atoms with Gasteiger partial charge in [-0.15, -0.1) is 0 Å². The first-order valence-corrected chi connectivity index (χ1v) is 8.14. The van der Waals surface area contributed by atoms with Crippen LogP contribution in [0.25, 0.3) is 0 Å². The molecule has 130 valence electrons. The van der Waals surface area contributed by atoms with Crippen molar-refractivity contribution in [2.75, 3.05) is 23.9 Å². The van der Waals surface area contributed by atoms with Crippen molar-refractivity contribution in [1.82, 2.24) is 0 Å². The molecule has 0 aromatic heterocycles. The van der Waals surface area contributed by atoms with Gasteiger partial charge in [0.05, 0.1) is 19.3 Å². The van der Waals surface area contributed by atoms with Gasteiger partial charge in [0.25, 0.3) is 0 Å². The normalized spacial score (nSPS) is 15.6. The zero-order valence-corrected chi connectivity index (χ0v) is 14.4. The summed E-state index contributed by atoms with van der Waals surface area (Å²) in [5.74, 6) is -0.237. The number of fused-ring (bicyclic) bond motifs is 1. The van der Waals surface area contributed by atoms with E-state index in [-0.39, 0.29) is 12.5 Å². The first-order chi connectivity index (χ1) is 12.0. The number of methoxy groups -OCH3 is 1. The van der Waals surface area contributed by atoms with Crippen LogP contribution in [0.4, 0.5) is 11.4 Å². The van der Waals surface area contributed by atoms with Crippen LogP contribution >= 0.6 is 11.6 Å². The minimum Gasteiger partial charge on any atom is -0.495 e. The molecular formula is C18H18ClN3O3. The fraction of sp³-hybridized carbons (Fsp3) is 0.222. The summed E-state index contributed by atoms with van der Waals surface area (Å²) in [6, 6.07) is 12.0. The van der Waals surface area contributed by atoms with E-state index in [4.69, 9.17) is 22.1 Å². The van der Waals surface area contributed by atoms with Gasteiger partial charge in [-0.1, -0.05) is 29.8 Å². The Morgan fingerprint density at radius 3 is 2.80 bits per heavy atom. The molecule has 1 atom stereocenters. The molecule has 2 amide bonds. The van der Waals surface area contributed by atoms with Crippen LogP contribution in [0.2, 0.25) is 5.02 Å². The minimum atomic E-state index is -0.538. The third-order valence-corrected chi connectivity index (χ3v) is 4.40. The number of carbonyl (C=O) groups is 2. The molecule has 7 heteroatoms. The Morgan fingerprint density at radius 1 is 1.32 bits per heavy atom. The van der Waals surface area contributed by atoms with E-state index in [1.165, 1.54) is 7.11 Å². The molecule has 0 bridgehead atoms. The van der Waals surface area contributed by atoms with Crippen LogP contribution < -0.4 is 20.7 Å². The number of hydrogen-bond acceptors (Lipinski definition) is 4. The Morgan fingerprint density at radius 2 is 2.08 bits per heavy atom. The first kappa shape index (κ1) is 17.1. The molecule has 0 spiro atoms. The summed E-state index contributed by atoms with van der Waals surface area (Å²) in [6.45, 7) is 0.000285. The number of carbonyl (C=O) groups excluding carboxylic acids is 2. The molecule has 2 aromatic carbocycles. The van der Waals surface area contributed by atoms with Crippen molar-refractivity contribution in [3.8, 4) is 5.75 Å². The van der Waals surface area contributed by atoms with Crippen LogP contribution in [0.15, 0.2) is 42.5 Å². The summed E-state index contributed by atoms with van der Waals surface area (Å²) in [5, 5.41) is 3.26. The summed E-state index contributed by atoms with van der Waals surface area (Å²) in [4.78, 5) is 26.0.